The Kier molecular flexibility index (Phi) is 7.31. The van der Waals surface area contributed by atoms with E-state index in [1.54, 1.807) is 0 Å². The number of piperidine rings is 1. The molecule has 2 heterocycles. The molecule has 6 nitrogen and oxygen atoms in total. The Labute approximate surface area is 196 Å². The fraction of sp³-hybridized carbons (Fsp3) is 0.400. The number of likely N-dealkylation sites (tertiary alicyclic amines) is 1. The van der Waals surface area contributed by atoms with E-state index in [0.29, 0.717) is 31.1 Å². The highest BCUT2D eigenvalue weighted by molar-refractivity contribution is 5.94. The van der Waals surface area contributed by atoms with E-state index in [1.807, 2.05) is 35.2 Å². The molecule has 9 heteroatoms. The van der Waals surface area contributed by atoms with Crippen LogP contribution in [0.25, 0.3) is 11.4 Å². The van der Waals surface area contributed by atoms with Crippen molar-refractivity contribution in [3.05, 3.63) is 71.6 Å². The molecule has 3 aromatic rings. The molecule has 0 bridgehead atoms. The van der Waals surface area contributed by atoms with Crippen molar-refractivity contribution in [2.24, 2.45) is 0 Å². The maximum Gasteiger partial charge on any atom is 0.416 e. The van der Waals surface area contributed by atoms with Crippen molar-refractivity contribution in [2.75, 3.05) is 19.6 Å². The smallest absolute Gasteiger partial charge is 0.339 e. The average Bonchev–Trinajstić information content (AvgIpc) is 3.32. The zero-order valence-corrected chi connectivity index (χ0v) is 19.0. The molecule has 34 heavy (non-hydrogen) atoms. The van der Waals surface area contributed by atoms with Crippen LogP contribution in [0.2, 0.25) is 0 Å². The van der Waals surface area contributed by atoms with Gasteiger partial charge in [0.1, 0.15) is 0 Å². The Hall–Kier alpha value is -3.20. The van der Waals surface area contributed by atoms with Crippen LogP contribution in [0.3, 0.4) is 0 Å². The number of carbonyl (C=O) groups excluding carboxylic acids is 1. The van der Waals surface area contributed by atoms with Gasteiger partial charge in [-0.2, -0.15) is 18.2 Å². The lowest BCUT2D eigenvalue weighted by atomic mass is 10.0. The first-order valence-electron chi connectivity index (χ1n) is 11.4. The molecule has 1 fully saturated rings. The SMILES string of the molecule is CCCN(Cc1nc(-c2cccc(C(F)(F)F)c2)no1)C1CCN(C(=O)c2ccccc2)CC1. The quantitative estimate of drug-likeness (QED) is 0.469. The molecule has 1 amide bonds. The number of halogens is 3. The number of hydrogen-bond acceptors (Lipinski definition) is 5. The van der Waals surface area contributed by atoms with E-state index in [1.165, 1.54) is 12.1 Å². The number of aromatic nitrogens is 2. The first-order valence-corrected chi connectivity index (χ1v) is 11.4. The number of hydrogen-bond donors (Lipinski definition) is 0. The lowest BCUT2D eigenvalue weighted by Gasteiger charge is -2.38. The van der Waals surface area contributed by atoms with Gasteiger partial charge in [0.05, 0.1) is 12.1 Å². The minimum Gasteiger partial charge on any atom is -0.339 e. The molecular formula is C25H27F3N4O2. The maximum atomic E-state index is 13.0. The van der Waals surface area contributed by atoms with Crippen molar-refractivity contribution >= 4 is 5.91 Å². The summed E-state index contributed by atoms with van der Waals surface area (Å²) in [6.07, 6.45) is -1.85. The van der Waals surface area contributed by atoms with Crippen molar-refractivity contribution in [1.29, 1.82) is 0 Å². The van der Waals surface area contributed by atoms with Crippen LogP contribution >= 0.6 is 0 Å². The van der Waals surface area contributed by atoms with Gasteiger partial charge in [0.25, 0.3) is 5.91 Å². The van der Waals surface area contributed by atoms with E-state index >= 15 is 0 Å². The summed E-state index contributed by atoms with van der Waals surface area (Å²) in [6, 6.07) is 14.4. The Bertz CT molecular complexity index is 1090. The number of benzene rings is 2. The van der Waals surface area contributed by atoms with Crippen LogP contribution in [0.1, 0.15) is 48.0 Å². The summed E-state index contributed by atoms with van der Waals surface area (Å²) in [5.41, 5.74) is 0.208. The van der Waals surface area contributed by atoms with Crippen LogP contribution in [0, 0.1) is 0 Å². The van der Waals surface area contributed by atoms with Gasteiger partial charge >= 0.3 is 6.18 Å². The third-order valence-electron chi connectivity index (χ3n) is 6.05. The number of alkyl halides is 3. The first kappa shape index (κ1) is 23.9. The number of carbonyl (C=O) groups is 1. The molecule has 0 unspecified atom stereocenters. The third-order valence-corrected chi connectivity index (χ3v) is 6.05. The van der Waals surface area contributed by atoms with E-state index in [4.69, 9.17) is 4.52 Å². The Morgan fingerprint density at radius 2 is 1.85 bits per heavy atom. The standard InChI is InChI=1S/C25H27F3N4O2/c1-2-13-32(21-11-14-31(15-12-21)24(33)18-7-4-3-5-8-18)17-22-29-23(30-34-22)19-9-6-10-20(16-19)25(26,27)28/h3-10,16,21H,2,11-15,17H2,1H3. The molecule has 1 aliphatic heterocycles. The van der Waals surface area contributed by atoms with Crippen LogP contribution in [0.5, 0.6) is 0 Å². The Balaban J connectivity index is 1.40. The van der Waals surface area contributed by atoms with Gasteiger partial charge in [0, 0.05) is 30.3 Å². The van der Waals surface area contributed by atoms with Gasteiger partial charge in [0.15, 0.2) is 0 Å². The van der Waals surface area contributed by atoms with Crippen LogP contribution in [-0.2, 0) is 12.7 Å². The second-order valence-corrected chi connectivity index (χ2v) is 8.45. The van der Waals surface area contributed by atoms with Gasteiger partial charge in [-0.3, -0.25) is 9.69 Å². The molecule has 0 aliphatic carbocycles. The lowest BCUT2D eigenvalue weighted by molar-refractivity contribution is -0.137. The first-order chi connectivity index (χ1) is 16.3. The van der Waals surface area contributed by atoms with Gasteiger partial charge in [0.2, 0.25) is 11.7 Å². The molecule has 0 radical (unpaired) electrons. The minimum absolute atomic E-state index is 0.0451. The van der Waals surface area contributed by atoms with Crippen LogP contribution in [0.15, 0.2) is 59.1 Å². The van der Waals surface area contributed by atoms with Crippen molar-refractivity contribution in [3.63, 3.8) is 0 Å². The predicted molar refractivity (Wildman–Crippen MR) is 121 cm³/mol. The molecule has 0 saturated carbocycles. The van der Waals surface area contributed by atoms with Crippen LogP contribution < -0.4 is 0 Å². The summed E-state index contributed by atoms with van der Waals surface area (Å²) in [7, 11) is 0. The van der Waals surface area contributed by atoms with E-state index < -0.39 is 11.7 Å². The van der Waals surface area contributed by atoms with Crippen molar-refractivity contribution < 1.29 is 22.5 Å². The summed E-state index contributed by atoms with van der Waals surface area (Å²) >= 11 is 0. The van der Waals surface area contributed by atoms with Crippen LogP contribution in [0.4, 0.5) is 13.2 Å². The van der Waals surface area contributed by atoms with Crippen molar-refractivity contribution in [1.82, 2.24) is 19.9 Å². The average molecular weight is 473 g/mol. The predicted octanol–water partition coefficient (Wildman–Crippen LogP) is 5.27. The Morgan fingerprint density at radius 1 is 1.12 bits per heavy atom. The van der Waals surface area contributed by atoms with E-state index in [-0.39, 0.29) is 23.3 Å². The molecule has 180 valence electrons. The second kappa shape index (κ2) is 10.4. The third kappa shape index (κ3) is 5.64. The molecule has 0 spiro atoms. The fourth-order valence-electron chi connectivity index (χ4n) is 4.32. The normalized spacial score (nSPS) is 15.1. The van der Waals surface area contributed by atoms with Gasteiger partial charge in [-0.05, 0) is 50.1 Å². The zero-order chi connectivity index (χ0) is 24.1. The van der Waals surface area contributed by atoms with Crippen LogP contribution in [-0.4, -0.2) is 51.5 Å². The van der Waals surface area contributed by atoms with Gasteiger partial charge in [-0.15, -0.1) is 0 Å². The molecule has 0 N–H and O–H groups in total. The maximum absolute atomic E-state index is 13.0. The van der Waals surface area contributed by atoms with Gasteiger partial charge < -0.3 is 9.42 Å². The molecule has 4 rings (SSSR count). The molecule has 2 aromatic carbocycles. The highest BCUT2D eigenvalue weighted by Gasteiger charge is 2.31. The fourth-order valence-corrected chi connectivity index (χ4v) is 4.32. The zero-order valence-electron chi connectivity index (χ0n) is 19.0. The highest BCUT2D eigenvalue weighted by Crippen LogP contribution is 2.31. The summed E-state index contributed by atoms with van der Waals surface area (Å²) in [6.45, 7) is 4.65. The monoisotopic (exact) mass is 472 g/mol. The number of rotatable bonds is 7. The largest absolute Gasteiger partial charge is 0.416 e. The highest BCUT2D eigenvalue weighted by atomic mass is 19.4. The van der Waals surface area contributed by atoms with Gasteiger partial charge in [-0.25, -0.2) is 0 Å². The summed E-state index contributed by atoms with van der Waals surface area (Å²) in [5.74, 6) is 0.549. The topological polar surface area (TPSA) is 62.5 Å². The molecule has 1 saturated heterocycles. The molecule has 1 aliphatic rings. The number of amides is 1. The van der Waals surface area contributed by atoms with E-state index in [2.05, 4.69) is 22.0 Å². The van der Waals surface area contributed by atoms with E-state index in [0.717, 1.165) is 37.9 Å². The summed E-state index contributed by atoms with van der Waals surface area (Å²) in [5, 5.41) is 3.90. The lowest BCUT2D eigenvalue weighted by Crippen LogP contribution is -2.46. The minimum atomic E-state index is -4.43. The van der Waals surface area contributed by atoms with Crippen molar-refractivity contribution in [2.45, 2.75) is 44.9 Å². The molecule has 0 atom stereocenters. The summed E-state index contributed by atoms with van der Waals surface area (Å²) < 4.78 is 44.5. The van der Waals surface area contributed by atoms with Gasteiger partial charge in [-0.1, -0.05) is 42.4 Å². The van der Waals surface area contributed by atoms with E-state index in [9.17, 15) is 18.0 Å². The second-order valence-electron chi connectivity index (χ2n) is 8.45. The molecular weight excluding hydrogens is 445 g/mol. The molecule has 1 aromatic heterocycles. The Morgan fingerprint density at radius 3 is 2.53 bits per heavy atom. The van der Waals surface area contributed by atoms with Crippen molar-refractivity contribution in [3.8, 4) is 11.4 Å². The number of nitrogens with zero attached hydrogens (tertiary/aromatic N) is 4. The summed E-state index contributed by atoms with van der Waals surface area (Å²) in [4.78, 5) is 21.2.